The van der Waals surface area contributed by atoms with Crippen LogP contribution in [0, 0.1) is 0 Å². The van der Waals surface area contributed by atoms with Gasteiger partial charge in [0.25, 0.3) is 0 Å². The van der Waals surface area contributed by atoms with Gasteiger partial charge in [0.05, 0.1) is 17.6 Å². The fraction of sp³-hybridized carbons (Fsp3) is 0.846. The molecular weight excluding hydrogens is 248 g/mol. The molecule has 0 bridgehead atoms. The molecule has 0 spiro atoms. The Kier molecular flexibility index (Phi) is 3.99. The van der Waals surface area contributed by atoms with Crippen molar-refractivity contribution in [3.8, 4) is 0 Å². The Morgan fingerprint density at radius 3 is 2.21 bits per heavy atom. The average Bonchev–Trinajstić information content (AvgIpc) is 2.24. The fourth-order valence-corrected chi connectivity index (χ4v) is 2.79. The van der Waals surface area contributed by atoms with Crippen molar-refractivity contribution in [1.82, 2.24) is 10.6 Å². The molecule has 0 aromatic heterocycles. The summed E-state index contributed by atoms with van der Waals surface area (Å²) in [6.07, 6.45) is 5.49. The number of hydrogen-bond donors (Lipinski definition) is 3. The van der Waals surface area contributed by atoms with E-state index in [0.717, 1.165) is 38.5 Å². The van der Waals surface area contributed by atoms with E-state index in [0.29, 0.717) is 6.54 Å². The van der Waals surface area contributed by atoms with E-state index in [1.807, 2.05) is 0 Å². The van der Waals surface area contributed by atoms with E-state index >= 15 is 0 Å². The molecule has 108 valence electrons. The molecular formula is C13H22N2O4. The van der Waals surface area contributed by atoms with E-state index in [2.05, 4.69) is 10.6 Å². The fourth-order valence-electron chi connectivity index (χ4n) is 2.79. The smallest absolute Gasteiger partial charge is 0.315 e. The summed E-state index contributed by atoms with van der Waals surface area (Å²) >= 11 is 0. The molecule has 0 aromatic carbocycles. The Bertz CT molecular complexity index is 356. The largest absolute Gasteiger partial charge is 0.481 e. The number of hydrogen-bond acceptors (Lipinski definition) is 3. The summed E-state index contributed by atoms with van der Waals surface area (Å²) in [6, 6.07) is -0.288. The van der Waals surface area contributed by atoms with Gasteiger partial charge in [-0.05, 0) is 38.5 Å². The highest BCUT2D eigenvalue weighted by molar-refractivity contribution is 5.77. The van der Waals surface area contributed by atoms with Crippen molar-refractivity contribution in [3.63, 3.8) is 0 Å². The number of carboxylic acid groups (broad SMARTS) is 1. The lowest BCUT2D eigenvalue weighted by Crippen LogP contribution is -2.59. The van der Waals surface area contributed by atoms with Gasteiger partial charge in [-0.25, -0.2) is 4.79 Å². The summed E-state index contributed by atoms with van der Waals surface area (Å²) in [5.41, 5.74) is -0.757. The number of nitrogens with one attached hydrogen (secondary N) is 2. The monoisotopic (exact) mass is 270 g/mol. The summed E-state index contributed by atoms with van der Waals surface area (Å²) < 4.78 is 5.42. The van der Waals surface area contributed by atoms with Gasteiger partial charge < -0.3 is 20.5 Å². The Labute approximate surface area is 112 Å². The number of urea groups is 1. The minimum Gasteiger partial charge on any atom is -0.481 e. The van der Waals surface area contributed by atoms with E-state index in [9.17, 15) is 9.59 Å². The standard InChI is InChI=1S/C13H22N2O4/c1-19-13(6-3-7-13)9-14-11(18)15-12(4-2-5-12)8-10(16)17/h2-9H2,1H3,(H,16,17)(H2,14,15,18). The number of methoxy groups -OCH3 is 1. The Hall–Kier alpha value is -1.30. The van der Waals surface area contributed by atoms with E-state index < -0.39 is 11.5 Å². The van der Waals surface area contributed by atoms with Crippen molar-refractivity contribution in [2.75, 3.05) is 13.7 Å². The Morgan fingerprint density at radius 2 is 1.84 bits per heavy atom. The third-order valence-corrected chi connectivity index (χ3v) is 4.45. The molecule has 0 aromatic rings. The summed E-state index contributed by atoms with van der Waals surface area (Å²) in [6.45, 7) is 0.485. The molecule has 0 atom stereocenters. The van der Waals surface area contributed by atoms with Crippen LogP contribution in [0.15, 0.2) is 0 Å². The van der Waals surface area contributed by atoms with Gasteiger partial charge in [0.1, 0.15) is 0 Å². The second kappa shape index (κ2) is 5.36. The van der Waals surface area contributed by atoms with Crippen LogP contribution in [0.25, 0.3) is 0 Å². The van der Waals surface area contributed by atoms with Crippen LogP contribution in [0.3, 0.4) is 0 Å². The maximum atomic E-state index is 11.9. The molecule has 3 N–H and O–H groups in total. The zero-order valence-electron chi connectivity index (χ0n) is 11.3. The first-order valence-corrected chi connectivity index (χ1v) is 6.82. The van der Waals surface area contributed by atoms with Crippen LogP contribution in [0.1, 0.15) is 44.9 Å². The third kappa shape index (κ3) is 3.18. The first-order valence-electron chi connectivity index (χ1n) is 6.82. The highest BCUT2D eigenvalue weighted by atomic mass is 16.5. The molecule has 6 heteroatoms. The lowest BCUT2D eigenvalue weighted by molar-refractivity contribution is -0.139. The van der Waals surface area contributed by atoms with Crippen LogP contribution in [-0.4, -0.2) is 41.9 Å². The van der Waals surface area contributed by atoms with Crippen LogP contribution in [0.4, 0.5) is 4.79 Å². The number of carbonyl (C=O) groups is 2. The van der Waals surface area contributed by atoms with Gasteiger partial charge in [0, 0.05) is 13.7 Å². The van der Waals surface area contributed by atoms with Gasteiger partial charge >= 0.3 is 12.0 Å². The van der Waals surface area contributed by atoms with Crippen LogP contribution in [0.2, 0.25) is 0 Å². The van der Waals surface area contributed by atoms with Crippen molar-refractivity contribution in [2.45, 2.75) is 56.1 Å². The molecule has 0 unspecified atom stereocenters. The zero-order chi connectivity index (χ0) is 13.9. The number of ether oxygens (including phenoxy) is 1. The number of amides is 2. The zero-order valence-corrected chi connectivity index (χ0v) is 11.3. The van der Waals surface area contributed by atoms with Gasteiger partial charge in [-0.2, -0.15) is 0 Å². The van der Waals surface area contributed by atoms with Gasteiger partial charge in [-0.3, -0.25) is 4.79 Å². The van der Waals surface area contributed by atoms with E-state index in [1.54, 1.807) is 7.11 Å². The van der Waals surface area contributed by atoms with Crippen LogP contribution in [-0.2, 0) is 9.53 Å². The van der Waals surface area contributed by atoms with Crippen LogP contribution < -0.4 is 10.6 Å². The number of aliphatic carboxylic acids is 1. The highest BCUT2D eigenvalue weighted by Crippen LogP contribution is 2.35. The van der Waals surface area contributed by atoms with Crippen molar-refractivity contribution < 1.29 is 19.4 Å². The van der Waals surface area contributed by atoms with Gasteiger partial charge in [0.15, 0.2) is 0 Å². The predicted molar refractivity (Wildman–Crippen MR) is 69.0 cm³/mol. The van der Waals surface area contributed by atoms with Gasteiger partial charge in [-0.15, -0.1) is 0 Å². The van der Waals surface area contributed by atoms with Crippen molar-refractivity contribution in [2.24, 2.45) is 0 Å². The third-order valence-electron chi connectivity index (χ3n) is 4.45. The molecule has 2 rings (SSSR count). The first kappa shape index (κ1) is 14.1. The molecule has 19 heavy (non-hydrogen) atoms. The number of rotatable bonds is 6. The second-order valence-corrected chi connectivity index (χ2v) is 5.75. The SMILES string of the molecule is COC1(CNC(=O)NC2(CC(=O)O)CCC2)CCC1. The summed E-state index contributed by atoms with van der Waals surface area (Å²) in [7, 11) is 1.66. The van der Waals surface area contributed by atoms with E-state index in [1.165, 1.54) is 0 Å². The normalized spacial score (nSPS) is 22.8. The molecule has 0 saturated heterocycles. The van der Waals surface area contributed by atoms with E-state index in [4.69, 9.17) is 9.84 Å². The summed E-state index contributed by atoms with van der Waals surface area (Å²) in [5, 5.41) is 14.5. The van der Waals surface area contributed by atoms with Crippen molar-refractivity contribution >= 4 is 12.0 Å². The molecule has 2 amide bonds. The average molecular weight is 270 g/mol. The molecule has 6 nitrogen and oxygen atoms in total. The highest BCUT2D eigenvalue weighted by Gasteiger charge is 2.41. The minimum absolute atomic E-state index is 0.00413. The van der Waals surface area contributed by atoms with Crippen molar-refractivity contribution in [1.29, 1.82) is 0 Å². The van der Waals surface area contributed by atoms with Crippen LogP contribution >= 0.6 is 0 Å². The lowest BCUT2D eigenvalue weighted by Gasteiger charge is -2.43. The molecule has 0 aliphatic heterocycles. The minimum atomic E-state index is -0.868. The predicted octanol–water partition coefficient (Wildman–Crippen LogP) is 1.25. The topological polar surface area (TPSA) is 87.7 Å². The maximum Gasteiger partial charge on any atom is 0.315 e. The lowest BCUT2D eigenvalue weighted by atomic mass is 9.74. The Balaban J connectivity index is 1.78. The van der Waals surface area contributed by atoms with E-state index in [-0.39, 0.29) is 18.1 Å². The molecule has 2 saturated carbocycles. The molecule has 2 fully saturated rings. The van der Waals surface area contributed by atoms with Crippen molar-refractivity contribution in [3.05, 3.63) is 0 Å². The summed E-state index contributed by atoms with van der Waals surface area (Å²) in [5.74, 6) is -0.868. The second-order valence-electron chi connectivity index (χ2n) is 5.75. The van der Waals surface area contributed by atoms with Crippen LogP contribution in [0.5, 0.6) is 0 Å². The molecule has 0 radical (unpaired) electrons. The number of carbonyl (C=O) groups excluding carboxylic acids is 1. The van der Waals surface area contributed by atoms with Gasteiger partial charge in [-0.1, -0.05) is 0 Å². The maximum absolute atomic E-state index is 11.9. The quantitative estimate of drug-likeness (QED) is 0.678. The molecule has 2 aliphatic rings. The first-order chi connectivity index (χ1) is 8.99. The van der Waals surface area contributed by atoms with Gasteiger partial charge in [0.2, 0.25) is 0 Å². The summed E-state index contributed by atoms with van der Waals surface area (Å²) in [4.78, 5) is 22.7. The Morgan fingerprint density at radius 1 is 1.21 bits per heavy atom. The molecule has 0 heterocycles. The molecule has 2 aliphatic carbocycles. The number of carboxylic acids is 1.